The van der Waals surface area contributed by atoms with Gasteiger partial charge in [0.15, 0.2) is 9.84 Å². The third-order valence-electron chi connectivity index (χ3n) is 3.68. The normalized spacial score (nSPS) is 20.3. The van der Waals surface area contributed by atoms with Gasteiger partial charge in [0.25, 0.3) is 0 Å². The van der Waals surface area contributed by atoms with Crippen LogP contribution < -0.4 is 5.32 Å². The van der Waals surface area contributed by atoms with Gasteiger partial charge in [0.05, 0.1) is 17.3 Å². The predicted octanol–water partition coefficient (Wildman–Crippen LogP) is 2.34. The molecule has 0 unspecified atom stereocenters. The number of carbonyl (C=O) groups is 1. The number of H-pyrrole nitrogens is 1. The maximum absolute atomic E-state index is 12.0. The highest BCUT2D eigenvalue weighted by Gasteiger charge is 2.28. The lowest BCUT2D eigenvalue weighted by Gasteiger charge is -2.08. The lowest BCUT2D eigenvalue weighted by molar-refractivity contribution is -0.113. The predicted molar refractivity (Wildman–Crippen MR) is 91.2 cm³/mol. The first-order valence-corrected chi connectivity index (χ1v) is 9.99. The first-order valence-electron chi connectivity index (χ1n) is 7.12. The van der Waals surface area contributed by atoms with Crippen LogP contribution in [0.4, 0.5) is 5.69 Å². The van der Waals surface area contributed by atoms with E-state index in [1.165, 1.54) is 11.8 Å². The van der Waals surface area contributed by atoms with Gasteiger partial charge in [-0.1, -0.05) is 0 Å². The van der Waals surface area contributed by atoms with Crippen molar-refractivity contribution in [1.82, 2.24) is 4.98 Å². The Bertz CT molecular complexity index is 811. The van der Waals surface area contributed by atoms with Gasteiger partial charge in [-0.2, -0.15) is 0 Å². The van der Waals surface area contributed by atoms with Gasteiger partial charge in [0.1, 0.15) is 0 Å². The fourth-order valence-corrected chi connectivity index (χ4v) is 6.08. The van der Waals surface area contributed by atoms with Crippen LogP contribution >= 0.6 is 11.8 Å². The Balaban J connectivity index is 1.56. The largest absolute Gasteiger partial charge is 0.359 e. The summed E-state index contributed by atoms with van der Waals surface area (Å²) >= 11 is 1.42. The molecule has 1 aliphatic heterocycles. The minimum Gasteiger partial charge on any atom is -0.359 e. The van der Waals surface area contributed by atoms with Crippen molar-refractivity contribution in [3.63, 3.8) is 0 Å². The summed E-state index contributed by atoms with van der Waals surface area (Å²) in [5.41, 5.74) is 2.88. The zero-order chi connectivity index (χ0) is 15.7. The van der Waals surface area contributed by atoms with E-state index in [4.69, 9.17) is 0 Å². The number of rotatable bonds is 4. The van der Waals surface area contributed by atoms with Gasteiger partial charge < -0.3 is 10.3 Å². The van der Waals surface area contributed by atoms with E-state index < -0.39 is 9.84 Å². The number of anilines is 1. The Morgan fingerprint density at radius 3 is 2.95 bits per heavy atom. The first kappa shape index (κ1) is 15.4. The molecule has 1 amide bonds. The summed E-state index contributed by atoms with van der Waals surface area (Å²) in [4.78, 5) is 15.2. The maximum Gasteiger partial charge on any atom is 0.234 e. The SMILES string of the molecule is Cc1cc2cc(NC(=O)CS[C@H]3CCS(=O)(=O)C3)ccc2[nH]1. The number of hydrogen-bond donors (Lipinski definition) is 2. The standard InChI is InChI=1S/C15H18N2O3S2/c1-10-6-11-7-12(2-3-14(11)16-10)17-15(18)8-21-13-4-5-22(19,20)9-13/h2-3,6-7,13,16H,4-5,8-9H2,1H3,(H,17,18)/t13-/m0/s1. The molecule has 0 aliphatic carbocycles. The first-order chi connectivity index (χ1) is 10.4. The van der Waals surface area contributed by atoms with Crippen LogP contribution in [0.15, 0.2) is 24.3 Å². The number of sulfone groups is 1. The molecular formula is C15H18N2O3S2. The molecule has 2 N–H and O–H groups in total. The molecule has 0 bridgehead atoms. The van der Waals surface area contributed by atoms with Crippen molar-refractivity contribution in [3.8, 4) is 0 Å². The lowest BCUT2D eigenvalue weighted by atomic mass is 10.2. The Labute approximate surface area is 133 Å². The quantitative estimate of drug-likeness (QED) is 0.897. The Hall–Kier alpha value is -1.47. The van der Waals surface area contributed by atoms with Crippen molar-refractivity contribution < 1.29 is 13.2 Å². The lowest BCUT2D eigenvalue weighted by Crippen LogP contribution is -2.17. The summed E-state index contributed by atoms with van der Waals surface area (Å²) in [6, 6.07) is 7.76. The zero-order valence-electron chi connectivity index (χ0n) is 12.3. The average molecular weight is 338 g/mol. The summed E-state index contributed by atoms with van der Waals surface area (Å²) in [5.74, 6) is 0.626. The van der Waals surface area contributed by atoms with Crippen LogP contribution in [-0.4, -0.2) is 41.8 Å². The van der Waals surface area contributed by atoms with Gasteiger partial charge in [-0.05, 0) is 37.6 Å². The number of aromatic nitrogens is 1. The van der Waals surface area contributed by atoms with Gasteiger partial charge in [0, 0.05) is 27.5 Å². The van der Waals surface area contributed by atoms with E-state index >= 15 is 0 Å². The van der Waals surface area contributed by atoms with Gasteiger partial charge in [0.2, 0.25) is 5.91 Å². The second kappa shape index (κ2) is 5.96. The smallest absolute Gasteiger partial charge is 0.234 e. The van der Waals surface area contributed by atoms with E-state index in [2.05, 4.69) is 10.3 Å². The molecule has 1 aliphatic rings. The highest BCUT2D eigenvalue weighted by molar-refractivity contribution is 8.02. The second-order valence-electron chi connectivity index (χ2n) is 5.64. The molecule has 1 atom stereocenters. The number of carbonyl (C=O) groups excluding carboxylic acids is 1. The number of amides is 1. The summed E-state index contributed by atoms with van der Waals surface area (Å²) < 4.78 is 22.8. The number of hydrogen-bond acceptors (Lipinski definition) is 4. The number of nitrogens with one attached hydrogen (secondary N) is 2. The van der Waals surface area contributed by atoms with Crippen LogP contribution in [0.1, 0.15) is 12.1 Å². The van der Waals surface area contributed by atoms with Gasteiger partial charge in [-0.3, -0.25) is 4.79 Å². The fraction of sp³-hybridized carbons (Fsp3) is 0.400. The molecule has 1 saturated heterocycles. The van der Waals surface area contributed by atoms with Crippen LogP contribution in [0.25, 0.3) is 10.9 Å². The van der Waals surface area contributed by atoms with Crippen molar-refractivity contribution in [2.75, 3.05) is 22.6 Å². The summed E-state index contributed by atoms with van der Waals surface area (Å²) in [6.07, 6.45) is 0.648. The molecule has 1 fully saturated rings. The van der Waals surface area contributed by atoms with E-state index in [9.17, 15) is 13.2 Å². The van der Waals surface area contributed by atoms with E-state index in [-0.39, 0.29) is 28.4 Å². The summed E-state index contributed by atoms with van der Waals surface area (Å²) in [5, 5.41) is 3.97. The van der Waals surface area contributed by atoms with Crippen LogP contribution in [0, 0.1) is 6.92 Å². The molecule has 2 aromatic rings. The molecule has 5 nitrogen and oxygen atoms in total. The highest BCUT2D eigenvalue weighted by atomic mass is 32.2. The molecule has 0 spiro atoms. The van der Waals surface area contributed by atoms with E-state index in [1.54, 1.807) is 0 Å². The van der Waals surface area contributed by atoms with Crippen LogP contribution in [0.5, 0.6) is 0 Å². The molecule has 1 aromatic heterocycles. The molecule has 22 heavy (non-hydrogen) atoms. The molecular weight excluding hydrogens is 320 g/mol. The topological polar surface area (TPSA) is 79.0 Å². The van der Waals surface area contributed by atoms with E-state index in [0.29, 0.717) is 6.42 Å². The zero-order valence-corrected chi connectivity index (χ0v) is 13.9. The summed E-state index contributed by atoms with van der Waals surface area (Å²) in [7, 11) is -2.88. The monoisotopic (exact) mass is 338 g/mol. The van der Waals surface area contributed by atoms with Crippen LogP contribution in [-0.2, 0) is 14.6 Å². The Morgan fingerprint density at radius 1 is 1.41 bits per heavy atom. The molecule has 2 heterocycles. The fourth-order valence-electron chi connectivity index (χ4n) is 2.64. The summed E-state index contributed by atoms with van der Waals surface area (Å²) in [6.45, 7) is 1.99. The minimum absolute atomic E-state index is 0.0468. The highest BCUT2D eigenvalue weighted by Crippen LogP contribution is 2.25. The minimum atomic E-state index is -2.88. The van der Waals surface area contributed by atoms with Crippen molar-refractivity contribution in [2.45, 2.75) is 18.6 Å². The number of benzene rings is 1. The molecule has 0 radical (unpaired) electrons. The number of aryl methyl sites for hydroxylation is 1. The van der Waals surface area contributed by atoms with Gasteiger partial charge >= 0.3 is 0 Å². The van der Waals surface area contributed by atoms with E-state index in [0.717, 1.165) is 22.3 Å². The van der Waals surface area contributed by atoms with Crippen molar-refractivity contribution in [3.05, 3.63) is 30.0 Å². The second-order valence-corrected chi connectivity index (χ2v) is 9.16. The molecule has 118 valence electrons. The van der Waals surface area contributed by atoms with Crippen molar-refractivity contribution in [1.29, 1.82) is 0 Å². The van der Waals surface area contributed by atoms with Crippen LogP contribution in [0.3, 0.4) is 0 Å². The van der Waals surface area contributed by atoms with Crippen molar-refractivity contribution >= 4 is 44.1 Å². The number of thioether (sulfide) groups is 1. The van der Waals surface area contributed by atoms with Crippen LogP contribution in [0.2, 0.25) is 0 Å². The third-order valence-corrected chi connectivity index (χ3v) is 6.96. The maximum atomic E-state index is 12.0. The van der Waals surface area contributed by atoms with Gasteiger partial charge in [-0.15, -0.1) is 11.8 Å². The molecule has 0 saturated carbocycles. The van der Waals surface area contributed by atoms with Gasteiger partial charge in [-0.25, -0.2) is 8.42 Å². The number of aromatic amines is 1. The third kappa shape index (κ3) is 3.64. The Morgan fingerprint density at radius 2 is 2.23 bits per heavy atom. The molecule has 3 rings (SSSR count). The molecule has 7 heteroatoms. The van der Waals surface area contributed by atoms with Crippen molar-refractivity contribution in [2.24, 2.45) is 0 Å². The Kier molecular flexibility index (Phi) is 4.18. The average Bonchev–Trinajstić information content (AvgIpc) is 2.97. The molecule has 1 aromatic carbocycles. The van der Waals surface area contributed by atoms with E-state index in [1.807, 2.05) is 31.2 Å². The number of fused-ring (bicyclic) bond motifs is 1.